The Morgan fingerprint density at radius 1 is 0.350 bits per heavy atom. The number of hydrogen-bond acceptors (Lipinski definition) is 11. The summed E-state index contributed by atoms with van der Waals surface area (Å²) in [6.45, 7) is 11.3. The number of carbonyl (C=O) groups is 2. The average Bonchev–Trinajstić information content (AvgIpc) is 2.95. The van der Waals surface area contributed by atoms with Crippen molar-refractivity contribution in [3.63, 3.8) is 0 Å². The van der Waals surface area contributed by atoms with Crippen molar-refractivity contribution < 1.29 is 52.2 Å². The van der Waals surface area contributed by atoms with Crippen LogP contribution in [0.3, 0.4) is 0 Å². The highest BCUT2D eigenvalue weighted by molar-refractivity contribution is 5.69. The zero-order valence-corrected chi connectivity index (χ0v) is 25.2. The molecule has 0 atom stereocenters. The van der Waals surface area contributed by atoms with Crippen molar-refractivity contribution in [1.82, 2.24) is 0 Å². The second kappa shape index (κ2) is 33.9. The normalized spacial score (nSPS) is 11.2. The van der Waals surface area contributed by atoms with Gasteiger partial charge in [0.05, 0.1) is 92.5 Å². The molecular formula is C29H56O11. The molecule has 0 aliphatic carbocycles. The van der Waals surface area contributed by atoms with Crippen molar-refractivity contribution >= 4 is 11.9 Å². The van der Waals surface area contributed by atoms with Crippen LogP contribution in [0.4, 0.5) is 0 Å². The Hall–Kier alpha value is -1.34. The highest BCUT2D eigenvalue weighted by Crippen LogP contribution is 2.03. The van der Waals surface area contributed by atoms with Gasteiger partial charge in [0.25, 0.3) is 0 Å². The van der Waals surface area contributed by atoms with Crippen LogP contribution < -0.4 is 0 Å². The number of ether oxygens (including phenoxy) is 9. The Morgan fingerprint density at radius 2 is 0.600 bits per heavy atom. The molecule has 0 aromatic carbocycles. The Bertz CT molecular complexity index is 534. The predicted molar refractivity (Wildman–Crippen MR) is 151 cm³/mol. The van der Waals surface area contributed by atoms with Crippen molar-refractivity contribution in [1.29, 1.82) is 0 Å². The lowest BCUT2D eigenvalue weighted by Crippen LogP contribution is -2.15. The van der Waals surface area contributed by atoms with E-state index < -0.39 is 0 Å². The van der Waals surface area contributed by atoms with Gasteiger partial charge in [-0.3, -0.25) is 9.59 Å². The molecule has 0 bridgehead atoms. The Labute approximate surface area is 241 Å². The molecule has 0 saturated carbocycles. The Kier molecular flexibility index (Phi) is 32.7. The topological polar surface area (TPSA) is 117 Å². The Balaban J connectivity index is 3.12. The number of carbonyl (C=O) groups excluding carboxylic acids is 2. The molecule has 0 N–H and O–H groups in total. The lowest BCUT2D eigenvalue weighted by atomic mass is 10.2. The predicted octanol–water partition coefficient (Wildman–Crippen LogP) is 3.74. The highest BCUT2D eigenvalue weighted by atomic mass is 16.6. The van der Waals surface area contributed by atoms with Gasteiger partial charge in [-0.25, -0.2) is 0 Å². The summed E-state index contributed by atoms with van der Waals surface area (Å²) in [7, 11) is 0. The first-order chi connectivity index (χ1) is 19.7. The minimum absolute atomic E-state index is 0.153. The lowest BCUT2D eigenvalue weighted by Gasteiger charge is -2.09. The summed E-state index contributed by atoms with van der Waals surface area (Å²) in [6.07, 6.45) is 8.25. The average molecular weight is 581 g/mol. The SMILES string of the molecule is CCCCCCC(=O)OCCOCCOCCOCCOCCOCCOCCOCCOC(=O)CCCCC. The van der Waals surface area contributed by atoms with Gasteiger partial charge in [-0.2, -0.15) is 0 Å². The maximum atomic E-state index is 11.5. The fourth-order valence-corrected chi connectivity index (χ4v) is 3.21. The van der Waals surface area contributed by atoms with Crippen LogP contribution in [-0.4, -0.2) is 118 Å². The van der Waals surface area contributed by atoms with Gasteiger partial charge in [-0.15, -0.1) is 0 Å². The summed E-state index contributed by atoms with van der Waals surface area (Å²) in [4.78, 5) is 22.9. The Morgan fingerprint density at radius 3 is 0.900 bits per heavy atom. The summed E-state index contributed by atoms with van der Waals surface area (Å²) in [5.41, 5.74) is 0. The van der Waals surface area contributed by atoms with Crippen molar-refractivity contribution in [3.8, 4) is 0 Å². The third-order valence-corrected chi connectivity index (χ3v) is 5.43. The van der Waals surface area contributed by atoms with Crippen LogP contribution in [0.25, 0.3) is 0 Å². The second-order valence-corrected chi connectivity index (χ2v) is 9.00. The second-order valence-electron chi connectivity index (χ2n) is 9.00. The number of hydrogen-bond donors (Lipinski definition) is 0. The smallest absolute Gasteiger partial charge is 0.305 e. The first kappa shape index (κ1) is 38.7. The summed E-state index contributed by atoms with van der Waals surface area (Å²) in [5.74, 6) is -0.314. The molecule has 0 radical (unpaired) electrons. The molecule has 0 fully saturated rings. The molecule has 40 heavy (non-hydrogen) atoms. The molecule has 0 spiro atoms. The molecule has 0 unspecified atom stereocenters. The third-order valence-electron chi connectivity index (χ3n) is 5.43. The van der Waals surface area contributed by atoms with Crippen LogP contribution in [0.5, 0.6) is 0 Å². The maximum absolute atomic E-state index is 11.5. The van der Waals surface area contributed by atoms with E-state index in [-0.39, 0.29) is 25.2 Å². The minimum Gasteiger partial charge on any atom is -0.463 e. The first-order valence-electron chi connectivity index (χ1n) is 15.1. The molecule has 11 heteroatoms. The van der Waals surface area contributed by atoms with Gasteiger partial charge < -0.3 is 42.6 Å². The van der Waals surface area contributed by atoms with Crippen molar-refractivity contribution in [2.24, 2.45) is 0 Å². The monoisotopic (exact) mass is 580 g/mol. The van der Waals surface area contributed by atoms with Crippen LogP contribution in [0, 0.1) is 0 Å². The van der Waals surface area contributed by atoms with E-state index in [2.05, 4.69) is 13.8 Å². The standard InChI is InChI=1S/C29H56O11/c1-3-5-7-9-11-29(31)40-27-25-38-23-21-36-19-17-34-15-13-32-12-14-33-16-18-35-20-22-37-24-26-39-28(30)10-8-6-4-2/h3-27H2,1-2H3. The summed E-state index contributed by atoms with van der Waals surface area (Å²) < 4.78 is 48.1. The van der Waals surface area contributed by atoms with Crippen LogP contribution in [0.2, 0.25) is 0 Å². The van der Waals surface area contributed by atoms with Gasteiger partial charge >= 0.3 is 11.9 Å². The van der Waals surface area contributed by atoms with Crippen molar-refractivity contribution in [3.05, 3.63) is 0 Å². The van der Waals surface area contributed by atoms with Crippen molar-refractivity contribution in [2.75, 3.05) is 106 Å². The number of rotatable bonds is 33. The molecule has 0 amide bonds. The molecule has 238 valence electrons. The van der Waals surface area contributed by atoms with E-state index in [1.54, 1.807) is 0 Å². The van der Waals surface area contributed by atoms with Gasteiger partial charge in [0.2, 0.25) is 0 Å². The van der Waals surface area contributed by atoms with E-state index in [1.807, 2.05) is 0 Å². The van der Waals surface area contributed by atoms with Crippen molar-refractivity contribution in [2.45, 2.75) is 71.6 Å². The van der Waals surface area contributed by atoms with E-state index >= 15 is 0 Å². The lowest BCUT2D eigenvalue weighted by molar-refractivity contribution is -0.146. The third kappa shape index (κ3) is 32.9. The zero-order chi connectivity index (χ0) is 29.2. The molecule has 0 aromatic rings. The number of unbranched alkanes of at least 4 members (excludes halogenated alkanes) is 5. The van der Waals surface area contributed by atoms with E-state index in [9.17, 15) is 9.59 Å². The molecule has 0 rings (SSSR count). The molecule has 11 nitrogen and oxygen atoms in total. The van der Waals surface area contributed by atoms with E-state index in [0.717, 1.165) is 44.9 Å². The van der Waals surface area contributed by atoms with E-state index in [4.69, 9.17) is 42.6 Å². The molecule has 0 saturated heterocycles. The summed E-state index contributed by atoms with van der Waals surface area (Å²) in [5, 5.41) is 0. The fraction of sp³-hybridized carbons (Fsp3) is 0.931. The molecule has 0 aliphatic rings. The zero-order valence-electron chi connectivity index (χ0n) is 25.2. The maximum Gasteiger partial charge on any atom is 0.305 e. The van der Waals surface area contributed by atoms with Crippen LogP contribution in [0.1, 0.15) is 71.6 Å². The fourth-order valence-electron chi connectivity index (χ4n) is 3.21. The van der Waals surface area contributed by atoms with Crippen LogP contribution in [-0.2, 0) is 52.2 Å². The van der Waals surface area contributed by atoms with E-state index in [0.29, 0.717) is 105 Å². The first-order valence-corrected chi connectivity index (χ1v) is 15.1. The minimum atomic E-state index is -0.160. The van der Waals surface area contributed by atoms with Gasteiger partial charge in [-0.05, 0) is 12.8 Å². The van der Waals surface area contributed by atoms with Gasteiger partial charge in [0.15, 0.2) is 0 Å². The molecular weight excluding hydrogens is 524 g/mol. The van der Waals surface area contributed by atoms with E-state index in [1.165, 1.54) is 0 Å². The molecule has 0 aliphatic heterocycles. The van der Waals surface area contributed by atoms with Gasteiger partial charge in [-0.1, -0.05) is 46.0 Å². The highest BCUT2D eigenvalue weighted by Gasteiger charge is 2.03. The van der Waals surface area contributed by atoms with Crippen LogP contribution >= 0.6 is 0 Å². The molecule has 0 aromatic heterocycles. The van der Waals surface area contributed by atoms with Gasteiger partial charge in [0.1, 0.15) is 13.2 Å². The van der Waals surface area contributed by atoms with Crippen LogP contribution in [0.15, 0.2) is 0 Å². The number of esters is 2. The molecule has 0 heterocycles. The largest absolute Gasteiger partial charge is 0.463 e. The quantitative estimate of drug-likeness (QED) is 0.0835. The summed E-state index contributed by atoms with van der Waals surface area (Å²) in [6, 6.07) is 0. The van der Waals surface area contributed by atoms with Gasteiger partial charge in [0, 0.05) is 12.8 Å². The summed E-state index contributed by atoms with van der Waals surface area (Å²) >= 11 is 0.